The summed E-state index contributed by atoms with van der Waals surface area (Å²) in [4.78, 5) is 4.46. The zero-order valence-corrected chi connectivity index (χ0v) is 11.9. The van der Waals surface area contributed by atoms with Crippen molar-refractivity contribution in [3.05, 3.63) is 16.1 Å². The smallest absolute Gasteiger partial charge is 0.0897 e. The molecule has 0 bridgehead atoms. The summed E-state index contributed by atoms with van der Waals surface area (Å²) in [5, 5.41) is 6.76. The maximum absolute atomic E-state index is 6.27. The molecule has 1 atom stereocenters. The Kier molecular flexibility index (Phi) is 3.68. The molecule has 18 heavy (non-hydrogen) atoms. The molecule has 1 aliphatic carbocycles. The van der Waals surface area contributed by atoms with Crippen LogP contribution in [0.15, 0.2) is 5.38 Å². The van der Waals surface area contributed by atoms with Gasteiger partial charge in [-0.2, -0.15) is 0 Å². The Morgan fingerprint density at radius 2 is 2.28 bits per heavy atom. The number of hydrogen-bond donors (Lipinski definition) is 1. The lowest BCUT2D eigenvalue weighted by Crippen LogP contribution is -2.30. The maximum Gasteiger partial charge on any atom is 0.0897 e. The van der Waals surface area contributed by atoms with Crippen LogP contribution in [0.1, 0.15) is 49.2 Å². The maximum atomic E-state index is 6.27. The average Bonchev–Trinajstić information content (AvgIpc) is 3.05. The van der Waals surface area contributed by atoms with Gasteiger partial charge < -0.3 is 10.1 Å². The molecule has 1 saturated heterocycles. The van der Waals surface area contributed by atoms with Crippen molar-refractivity contribution in [2.45, 2.75) is 63.7 Å². The zero-order chi connectivity index (χ0) is 12.4. The fourth-order valence-electron chi connectivity index (χ4n) is 3.28. The first kappa shape index (κ1) is 12.6. The Hall–Kier alpha value is -0.450. The van der Waals surface area contributed by atoms with E-state index in [1.54, 1.807) is 11.3 Å². The Balaban J connectivity index is 1.42. The van der Waals surface area contributed by atoms with Gasteiger partial charge in [-0.05, 0) is 32.6 Å². The topological polar surface area (TPSA) is 34.2 Å². The number of aryl methyl sites for hydroxylation is 1. The van der Waals surface area contributed by atoms with Crippen LogP contribution in [0.2, 0.25) is 0 Å². The molecular weight excluding hydrogens is 244 g/mol. The molecule has 1 aromatic heterocycles. The summed E-state index contributed by atoms with van der Waals surface area (Å²) in [6.07, 6.45) is 8.21. The summed E-state index contributed by atoms with van der Waals surface area (Å²) in [5.74, 6) is 0. The molecule has 1 unspecified atom stereocenters. The lowest BCUT2D eigenvalue weighted by Gasteiger charge is -2.23. The first-order valence-electron chi connectivity index (χ1n) is 7.05. The van der Waals surface area contributed by atoms with Crippen LogP contribution in [0.4, 0.5) is 0 Å². The molecule has 0 aromatic carbocycles. The van der Waals surface area contributed by atoms with E-state index in [1.165, 1.54) is 38.5 Å². The van der Waals surface area contributed by atoms with Gasteiger partial charge in [-0.25, -0.2) is 4.98 Å². The minimum atomic E-state index is 0.267. The summed E-state index contributed by atoms with van der Waals surface area (Å²) in [6.45, 7) is 3.90. The highest BCUT2D eigenvalue weighted by atomic mass is 32.1. The Morgan fingerprint density at radius 1 is 1.44 bits per heavy atom. The third kappa shape index (κ3) is 2.76. The van der Waals surface area contributed by atoms with Crippen molar-refractivity contribution in [1.29, 1.82) is 0 Å². The summed E-state index contributed by atoms with van der Waals surface area (Å²) in [5.41, 5.74) is 1.43. The van der Waals surface area contributed by atoms with Gasteiger partial charge in [-0.15, -0.1) is 11.3 Å². The number of nitrogens with zero attached hydrogens (tertiary/aromatic N) is 1. The van der Waals surface area contributed by atoms with Crippen molar-refractivity contribution in [3.63, 3.8) is 0 Å². The van der Waals surface area contributed by atoms with Crippen LogP contribution >= 0.6 is 11.3 Å². The van der Waals surface area contributed by atoms with E-state index in [-0.39, 0.29) is 5.60 Å². The number of nitrogens with one attached hydrogen (secondary N) is 1. The van der Waals surface area contributed by atoms with E-state index in [4.69, 9.17) is 4.74 Å². The van der Waals surface area contributed by atoms with Gasteiger partial charge in [-0.3, -0.25) is 0 Å². The Bertz CT molecular complexity index is 398. The number of aromatic nitrogens is 1. The van der Waals surface area contributed by atoms with Crippen LogP contribution in [0.3, 0.4) is 0 Å². The molecule has 1 N–H and O–H groups in total. The summed E-state index contributed by atoms with van der Waals surface area (Å²) >= 11 is 1.72. The summed E-state index contributed by atoms with van der Waals surface area (Å²) < 4.78 is 6.27. The number of ether oxygens (including phenoxy) is 1. The van der Waals surface area contributed by atoms with Crippen LogP contribution in [0.25, 0.3) is 0 Å². The molecule has 2 heterocycles. The van der Waals surface area contributed by atoms with E-state index in [0.29, 0.717) is 6.10 Å². The van der Waals surface area contributed by atoms with Crippen LogP contribution in [-0.4, -0.2) is 23.2 Å². The molecule has 1 saturated carbocycles. The molecule has 0 radical (unpaired) electrons. The van der Waals surface area contributed by atoms with Crippen LogP contribution < -0.4 is 5.32 Å². The Morgan fingerprint density at radius 3 is 3.00 bits per heavy atom. The van der Waals surface area contributed by atoms with E-state index >= 15 is 0 Å². The molecule has 1 aliphatic heterocycles. The van der Waals surface area contributed by atoms with Gasteiger partial charge in [0.15, 0.2) is 0 Å². The predicted molar refractivity (Wildman–Crippen MR) is 73.9 cm³/mol. The van der Waals surface area contributed by atoms with Crippen molar-refractivity contribution in [3.8, 4) is 0 Å². The first-order valence-corrected chi connectivity index (χ1v) is 7.93. The molecule has 3 nitrogen and oxygen atoms in total. The van der Waals surface area contributed by atoms with Gasteiger partial charge in [0.25, 0.3) is 0 Å². The lowest BCUT2D eigenvalue weighted by atomic mass is 9.98. The molecule has 1 spiro atoms. The fraction of sp³-hybridized carbons (Fsp3) is 0.786. The number of thiazole rings is 1. The molecule has 4 heteroatoms. The molecule has 1 aromatic rings. The van der Waals surface area contributed by atoms with E-state index in [0.717, 1.165) is 23.8 Å². The minimum absolute atomic E-state index is 0.267. The SMILES string of the molecule is Cc1nc(CNCC2CCC3(CCCC3)O2)cs1. The van der Waals surface area contributed by atoms with Gasteiger partial charge in [-0.1, -0.05) is 12.8 Å². The van der Waals surface area contributed by atoms with Gasteiger partial charge >= 0.3 is 0 Å². The molecular formula is C14H22N2OS. The van der Waals surface area contributed by atoms with Crippen LogP contribution in [0.5, 0.6) is 0 Å². The first-order chi connectivity index (χ1) is 8.76. The molecule has 2 aliphatic rings. The third-order valence-corrected chi connectivity index (χ3v) is 5.02. The molecule has 0 amide bonds. The van der Waals surface area contributed by atoms with E-state index in [9.17, 15) is 0 Å². The van der Waals surface area contributed by atoms with Gasteiger partial charge in [0, 0.05) is 18.5 Å². The van der Waals surface area contributed by atoms with Crippen molar-refractivity contribution in [2.24, 2.45) is 0 Å². The van der Waals surface area contributed by atoms with Gasteiger partial charge in [0.2, 0.25) is 0 Å². The Labute approximate surface area is 113 Å². The standard InChI is InChI=1S/C14H22N2OS/c1-11-16-12(10-18-11)8-15-9-13-4-7-14(17-13)5-2-3-6-14/h10,13,15H,2-9H2,1H3. The van der Waals surface area contributed by atoms with E-state index in [2.05, 4.69) is 22.6 Å². The molecule has 2 fully saturated rings. The zero-order valence-electron chi connectivity index (χ0n) is 11.1. The summed E-state index contributed by atoms with van der Waals surface area (Å²) in [7, 11) is 0. The fourth-order valence-corrected chi connectivity index (χ4v) is 3.89. The highest BCUT2D eigenvalue weighted by Gasteiger charge is 2.41. The normalized spacial score (nSPS) is 26.2. The number of rotatable bonds is 4. The van der Waals surface area contributed by atoms with Gasteiger partial charge in [0.05, 0.1) is 22.4 Å². The van der Waals surface area contributed by atoms with Gasteiger partial charge in [0.1, 0.15) is 0 Å². The van der Waals surface area contributed by atoms with Crippen LogP contribution in [-0.2, 0) is 11.3 Å². The quantitative estimate of drug-likeness (QED) is 0.909. The highest BCUT2D eigenvalue weighted by molar-refractivity contribution is 7.09. The van der Waals surface area contributed by atoms with Crippen molar-refractivity contribution in [1.82, 2.24) is 10.3 Å². The van der Waals surface area contributed by atoms with Crippen LogP contribution in [0, 0.1) is 6.92 Å². The second-order valence-electron chi connectivity index (χ2n) is 5.66. The monoisotopic (exact) mass is 266 g/mol. The number of hydrogen-bond acceptors (Lipinski definition) is 4. The lowest BCUT2D eigenvalue weighted by molar-refractivity contribution is -0.0351. The second-order valence-corrected chi connectivity index (χ2v) is 6.72. The molecule has 100 valence electrons. The molecule has 3 rings (SSSR count). The van der Waals surface area contributed by atoms with E-state index in [1.807, 2.05) is 0 Å². The third-order valence-electron chi connectivity index (χ3n) is 4.20. The summed E-state index contributed by atoms with van der Waals surface area (Å²) in [6, 6.07) is 0. The second kappa shape index (κ2) is 5.27. The van der Waals surface area contributed by atoms with E-state index < -0.39 is 0 Å². The minimum Gasteiger partial charge on any atom is -0.370 e. The largest absolute Gasteiger partial charge is 0.370 e. The highest BCUT2D eigenvalue weighted by Crippen LogP contribution is 2.43. The average molecular weight is 266 g/mol. The van der Waals surface area contributed by atoms with Crippen molar-refractivity contribution < 1.29 is 4.74 Å². The predicted octanol–water partition coefficient (Wildman–Crippen LogP) is 3.03. The van der Waals surface area contributed by atoms with Crippen molar-refractivity contribution in [2.75, 3.05) is 6.54 Å². The van der Waals surface area contributed by atoms with Crippen molar-refractivity contribution >= 4 is 11.3 Å².